The first kappa shape index (κ1) is 23.0. The highest BCUT2D eigenvalue weighted by Gasteiger charge is 2.34. The highest BCUT2D eigenvalue weighted by molar-refractivity contribution is 8.18. The average Bonchev–Trinajstić information content (AvgIpc) is 2.97. The van der Waals surface area contributed by atoms with Gasteiger partial charge in [-0.15, -0.1) is 0 Å². The van der Waals surface area contributed by atoms with Crippen LogP contribution in [0.1, 0.15) is 5.56 Å². The van der Waals surface area contributed by atoms with Crippen molar-refractivity contribution in [3.63, 3.8) is 0 Å². The number of hydrogen-bond donors (Lipinski definition) is 0. The Labute approximate surface area is 188 Å². The normalized spacial score (nSPS) is 15.5. The lowest BCUT2D eigenvalue weighted by Gasteiger charge is -2.13. The minimum Gasteiger partial charge on any atom is -0.493 e. The van der Waals surface area contributed by atoms with Gasteiger partial charge in [0.1, 0.15) is 12.4 Å². The summed E-state index contributed by atoms with van der Waals surface area (Å²) in [4.78, 5) is 26.2. The van der Waals surface area contributed by atoms with Crippen molar-refractivity contribution >= 4 is 50.7 Å². The van der Waals surface area contributed by atoms with E-state index in [1.165, 1.54) is 25.3 Å². The molecule has 1 fully saturated rings. The SMILES string of the molecule is COc1cc(/C=C2\SC(=O)N(CCOc3ccc(Cl)cc3)C2=O)ccc1OS(C)(=O)=O. The van der Waals surface area contributed by atoms with Gasteiger partial charge in [0.2, 0.25) is 0 Å². The van der Waals surface area contributed by atoms with Crippen molar-refractivity contribution in [2.24, 2.45) is 0 Å². The highest BCUT2D eigenvalue weighted by atomic mass is 35.5. The van der Waals surface area contributed by atoms with E-state index in [9.17, 15) is 18.0 Å². The Hall–Kier alpha value is -2.69. The summed E-state index contributed by atoms with van der Waals surface area (Å²) in [6, 6.07) is 11.2. The number of imide groups is 1. The molecule has 11 heteroatoms. The molecule has 1 heterocycles. The van der Waals surface area contributed by atoms with E-state index in [2.05, 4.69) is 0 Å². The lowest BCUT2D eigenvalue weighted by Crippen LogP contribution is -2.32. The maximum absolute atomic E-state index is 12.6. The topological polar surface area (TPSA) is 99.2 Å². The molecular formula is C20H18ClNO7S2. The Bertz CT molecular complexity index is 1130. The van der Waals surface area contributed by atoms with Gasteiger partial charge in [-0.25, -0.2) is 0 Å². The fraction of sp³-hybridized carbons (Fsp3) is 0.200. The largest absolute Gasteiger partial charge is 0.493 e. The van der Waals surface area contributed by atoms with E-state index in [1.807, 2.05) is 0 Å². The zero-order valence-electron chi connectivity index (χ0n) is 16.5. The van der Waals surface area contributed by atoms with Crippen LogP contribution in [0, 0.1) is 0 Å². The Balaban J connectivity index is 1.68. The fourth-order valence-electron chi connectivity index (χ4n) is 2.64. The van der Waals surface area contributed by atoms with Crippen molar-refractivity contribution in [1.82, 2.24) is 4.90 Å². The van der Waals surface area contributed by atoms with Crippen molar-refractivity contribution in [3.8, 4) is 17.2 Å². The van der Waals surface area contributed by atoms with Crippen molar-refractivity contribution in [2.75, 3.05) is 26.5 Å². The molecule has 8 nitrogen and oxygen atoms in total. The van der Waals surface area contributed by atoms with Gasteiger partial charge in [-0.05, 0) is 59.8 Å². The van der Waals surface area contributed by atoms with Crippen molar-refractivity contribution < 1.29 is 31.7 Å². The van der Waals surface area contributed by atoms with E-state index in [0.717, 1.165) is 22.9 Å². The molecule has 0 aliphatic carbocycles. The number of ether oxygens (including phenoxy) is 2. The van der Waals surface area contributed by atoms with Gasteiger partial charge in [0.15, 0.2) is 11.5 Å². The van der Waals surface area contributed by atoms with Gasteiger partial charge in [0, 0.05) is 5.02 Å². The van der Waals surface area contributed by atoms with Gasteiger partial charge in [0.05, 0.1) is 24.8 Å². The number of hydrogen-bond acceptors (Lipinski definition) is 8. The number of thioether (sulfide) groups is 1. The van der Waals surface area contributed by atoms with Crippen molar-refractivity contribution in [1.29, 1.82) is 0 Å². The Kier molecular flexibility index (Phi) is 7.14. The fourth-order valence-corrected chi connectivity index (χ4v) is 4.09. The second kappa shape index (κ2) is 9.63. The maximum atomic E-state index is 12.6. The van der Waals surface area contributed by atoms with Gasteiger partial charge in [0.25, 0.3) is 11.1 Å². The van der Waals surface area contributed by atoms with Gasteiger partial charge in [-0.1, -0.05) is 17.7 Å². The molecule has 3 rings (SSSR count). The predicted molar refractivity (Wildman–Crippen MR) is 118 cm³/mol. The van der Waals surface area contributed by atoms with Crippen LogP contribution in [0.3, 0.4) is 0 Å². The quantitative estimate of drug-likeness (QED) is 0.413. The van der Waals surface area contributed by atoms with Crippen molar-refractivity contribution in [2.45, 2.75) is 0 Å². The standard InChI is InChI=1S/C20H18ClNO7S2/c1-27-17-11-13(3-8-16(17)29-31(2,25)26)12-18-19(23)22(20(24)30-18)9-10-28-15-6-4-14(21)5-7-15/h3-8,11-12H,9-10H2,1-2H3/b18-12-. The smallest absolute Gasteiger partial charge is 0.306 e. The van der Waals surface area contributed by atoms with Crippen LogP contribution in [0.2, 0.25) is 5.02 Å². The third kappa shape index (κ3) is 6.16. The molecule has 0 spiro atoms. The van der Waals surface area contributed by atoms with Crippen LogP contribution in [0.4, 0.5) is 4.79 Å². The number of rotatable bonds is 8. The van der Waals surface area contributed by atoms with E-state index in [-0.39, 0.29) is 29.6 Å². The summed E-state index contributed by atoms with van der Waals surface area (Å²) >= 11 is 6.63. The summed E-state index contributed by atoms with van der Waals surface area (Å²) in [6.45, 7) is 0.230. The molecule has 0 saturated carbocycles. The Morgan fingerprint density at radius 3 is 2.45 bits per heavy atom. The summed E-state index contributed by atoms with van der Waals surface area (Å²) in [5, 5.41) is 0.177. The average molecular weight is 484 g/mol. The van der Waals surface area contributed by atoms with Crippen LogP contribution in [0.25, 0.3) is 6.08 Å². The molecule has 0 unspecified atom stereocenters. The van der Waals surface area contributed by atoms with E-state index in [0.29, 0.717) is 16.3 Å². The molecule has 1 aliphatic rings. The number of carbonyl (C=O) groups excluding carboxylic acids is 2. The minimum atomic E-state index is -3.72. The number of nitrogens with zero attached hydrogens (tertiary/aromatic N) is 1. The molecule has 0 bridgehead atoms. The molecule has 0 atom stereocenters. The molecular weight excluding hydrogens is 466 g/mol. The second-order valence-electron chi connectivity index (χ2n) is 6.33. The minimum absolute atomic E-state index is 0.0228. The molecule has 2 aromatic rings. The van der Waals surface area contributed by atoms with Gasteiger partial charge in [-0.3, -0.25) is 14.5 Å². The zero-order valence-corrected chi connectivity index (χ0v) is 18.9. The van der Waals surface area contributed by atoms with E-state index in [1.54, 1.807) is 30.3 Å². The summed E-state index contributed by atoms with van der Waals surface area (Å²) in [5.41, 5.74) is 0.542. The molecule has 0 radical (unpaired) electrons. The number of benzene rings is 2. The maximum Gasteiger partial charge on any atom is 0.306 e. The van der Waals surface area contributed by atoms with E-state index < -0.39 is 21.3 Å². The first-order chi connectivity index (χ1) is 14.7. The molecule has 31 heavy (non-hydrogen) atoms. The number of halogens is 1. The van der Waals surface area contributed by atoms with Crippen LogP contribution >= 0.6 is 23.4 Å². The van der Waals surface area contributed by atoms with Crippen LogP contribution in [0.5, 0.6) is 17.2 Å². The second-order valence-corrected chi connectivity index (χ2v) is 9.34. The third-order valence-corrected chi connectivity index (χ3v) is 5.64. The lowest BCUT2D eigenvalue weighted by atomic mass is 10.2. The lowest BCUT2D eigenvalue weighted by molar-refractivity contribution is -0.123. The molecule has 2 amide bonds. The summed E-state index contributed by atoms with van der Waals surface area (Å²) in [7, 11) is -2.36. The number of amides is 2. The highest BCUT2D eigenvalue weighted by Crippen LogP contribution is 2.34. The predicted octanol–water partition coefficient (Wildman–Crippen LogP) is 3.80. The van der Waals surface area contributed by atoms with Gasteiger partial charge < -0.3 is 13.7 Å². The first-order valence-electron chi connectivity index (χ1n) is 8.87. The van der Waals surface area contributed by atoms with Crippen LogP contribution in [0.15, 0.2) is 47.4 Å². The van der Waals surface area contributed by atoms with Crippen LogP contribution in [-0.4, -0.2) is 51.0 Å². The van der Waals surface area contributed by atoms with Crippen molar-refractivity contribution in [3.05, 3.63) is 58.0 Å². The summed E-state index contributed by atoms with van der Waals surface area (Å²) in [6.07, 6.45) is 2.45. The Morgan fingerprint density at radius 1 is 1.10 bits per heavy atom. The van der Waals surface area contributed by atoms with E-state index >= 15 is 0 Å². The van der Waals surface area contributed by atoms with Crippen LogP contribution in [-0.2, 0) is 14.9 Å². The number of carbonyl (C=O) groups is 2. The summed E-state index contributed by atoms with van der Waals surface area (Å²) in [5.74, 6) is 0.338. The summed E-state index contributed by atoms with van der Waals surface area (Å²) < 4.78 is 38.2. The number of methoxy groups -OCH3 is 1. The molecule has 1 aliphatic heterocycles. The Morgan fingerprint density at radius 2 is 1.81 bits per heavy atom. The zero-order chi connectivity index (χ0) is 22.6. The van der Waals surface area contributed by atoms with Gasteiger partial charge in [-0.2, -0.15) is 8.42 Å². The molecule has 0 aromatic heterocycles. The monoisotopic (exact) mass is 483 g/mol. The first-order valence-corrected chi connectivity index (χ1v) is 11.9. The third-order valence-electron chi connectivity index (χ3n) is 4.00. The van der Waals surface area contributed by atoms with Gasteiger partial charge >= 0.3 is 10.1 Å². The molecule has 0 N–H and O–H groups in total. The molecule has 2 aromatic carbocycles. The molecule has 1 saturated heterocycles. The van der Waals surface area contributed by atoms with E-state index in [4.69, 9.17) is 25.3 Å². The molecule has 164 valence electrons. The van der Waals surface area contributed by atoms with Crippen LogP contribution < -0.4 is 13.7 Å².